The summed E-state index contributed by atoms with van der Waals surface area (Å²) in [7, 11) is 3.01. The Balaban J connectivity index is 3.76. The molecule has 0 saturated heterocycles. The first-order valence-corrected chi connectivity index (χ1v) is 3.71. The molecule has 0 radical (unpaired) electrons. The molecule has 0 aromatic rings. The number of carbonyl (C=O) groups is 1. The van der Waals surface area contributed by atoms with Crippen molar-refractivity contribution < 1.29 is 19.4 Å². The second-order valence-electron chi connectivity index (χ2n) is 2.16. The van der Waals surface area contributed by atoms with Crippen molar-refractivity contribution >= 4 is 5.97 Å². The van der Waals surface area contributed by atoms with Gasteiger partial charge in [-0.3, -0.25) is 0 Å². The third-order valence-electron chi connectivity index (χ3n) is 1.26. The van der Waals surface area contributed by atoms with Crippen LogP contribution in [0.25, 0.3) is 0 Å². The number of likely N-dealkylation sites (N-methyl/N-ethyl adjacent to an activating group) is 1. The van der Waals surface area contributed by atoms with Gasteiger partial charge >= 0.3 is 5.97 Å². The van der Waals surface area contributed by atoms with Gasteiger partial charge in [-0.1, -0.05) is 0 Å². The molecular weight excluding hydrogens is 162 g/mol. The fourth-order valence-electron chi connectivity index (χ4n) is 0.722. The van der Waals surface area contributed by atoms with E-state index >= 15 is 0 Å². The predicted octanol–water partition coefficient (Wildman–Crippen LogP) is -1.24. The minimum absolute atomic E-state index is 0.1000. The number of hydrogen-bond donors (Lipinski definition) is 2. The largest absolute Gasteiger partial charge is 0.467 e. The van der Waals surface area contributed by atoms with Crippen LogP contribution in [0.2, 0.25) is 0 Å². The molecule has 0 fully saturated rings. The van der Waals surface area contributed by atoms with Gasteiger partial charge in [-0.15, -0.1) is 0 Å². The highest BCUT2D eigenvalue weighted by Crippen LogP contribution is 1.93. The Bertz CT molecular complexity index is 129. The molecular formula is C7H15NO4. The van der Waals surface area contributed by atoms with E-state index in [0.717, 1.165) is 0 Å². The number of hydrogen-bond acceptors (Lipinski definition) is 5. The Hall–Kier alpha value is -0.650. The van der Waals surface area contributed by atoms with Crippen molar-refractivity contribution in [1.29, 1.82) is 0 Å². The third-order valence-corrected chi connectivity index (χ3v) is 1.26. The number of esters is 1. The van der Waals surface area contributed by atoms with Gasteiger partial charge in [-0.25, -0.2) is 4.79 Å². The molecule has 0 unspecified atom stereocenters. The van der Waals surface area contributed by atoms with Crippen LogP contribution < -0.4 is 5.32 Å². The van der Waals surface area contributed by atoms with Crippen LogP contribution in [0.15, 0.2) is 0 Å². The number of methoxy groups -OCH3 is 1. The van der Waals surface area contributed by atoms with E-state index in [2.05, 4.69) is 10.1 Å². The van der Waals surface area contributed by atoms with Gasteiger partial charge < -0.3 is 19.9 Å². The van der Waals surface area contributed by atoms with E-state index in [1.165, 1.54) is 7.11 Å². The summed E-state index contributed by atoms with van der Waals surface area (Å²) in [5.41, 5.74) is 0. The Morgan fingerprint density at radius 2 is 2.33 bits per heavy atom. The van der Waals surface area contributed by atoms with Gasteiger partial charge in [0.15, 0.2) is 6.10 Å². The van der Waals surface area contributed by atoms with Crippen molar-refractivity contribution in [2.45, 2.75) is 6.10 Å². The summed E-state index contributed by atoms with van der Waals surface area (Å²) >= 11 is 0. The molecule has 0 aliphatic heterocycles. The molecule has 5 nitrogen and oxygen atoms in total. The van der Waals surface area contributed by atoms with Crippen LogP contribution in [0.5, 0.6) is 0 Å². The first-order valence-electron chi connectivity index (χ1n) is 3.71. The summed E-state index contributed by atoms with van der Waals surface area (Å²) in [4.78, 5) is 10.9. The van der Waals surface area contributed by atoms with Crippen LogP contribution in [-0.4, -0.2) is 51.1 Å². The molecule has 0 aliphatic rings. The number of aliphatic hydroxyl groups excluding tert-OH is 1. The Morgan fingerprint density at radius 3 is 2.75 bits per heavy atom. The molecule has 72 valence electrons. The minimum atomic E-state index is -0.632. The van der Waals surface area contributed by atoms with Crippen molar-refractivity contribution in [3.05, 3.63) is 0 Å². The molecule has 1 atom stereocenters. The van der Waals surface area contributed by atoms with E-state index in [1.54, 1.807) is 7.05 Å². The lowest BCUT2D eigenvalue weighted by molar-refractivity contribution is -0.154. The molecule has 0 saturated carbocycles. The highest BCUT2D eigenvalue weighted by Gasteiger charge is 2.17. The maximum Gasteiger partial charge on any atom is 0.336 e. The van der Waals surface area contributed by atoms with Gasteiger partial charge in [0, 0.05) is 6.54 Å². The van der Waals surface area contributed by atoms with E-state index in [0.29, 0.717) is 6.54 Å². The van der Waals surface area contributed by atoms with E-state index in [1.807, 2.05) is 0 Å². The minimum Gasteiger partial charge on any atom is -0.467 e. The van der Waals surface area contributed by atoms with Crippen LogP contribution in [0.3, 0.4) is 0 Å². The summed E-state index contributed by atoms with van der Waals surface area (Å²) in [6.45, 7) is 0.422. The van der Waals surface area contributed by atoms with E-state index in [4.69, 9.17) is 9.84 Å². The quantitative estimate of drug-likeness (QED) is 0.496. The Labute approximate surface area is 71.7 Å². The average molecular weight is 177 g/mol. The SMILES string of the molecule is CNC[C@@H](OCCO)C(=O)OC. The summed E-state index contributed by atoms with van der Waals surface area (Å²) in [5, 5.41) is 11.2. The zero-order valence-electron chi connectivity index (χ0n) is 7.37. The fraction of sp³-hybridized carbons (Fsp3) is 0.857. The van der Waals surface area contributed by atoms with Crippen molar-refractivity contribution in [3.8, 4) is 0 Å². The lowest BCUT2D eigenvalue weighted by Crippen LogP contribution is -2.35. The number of nitrogens with one attached hydrogen (secondary N) is 1. The maximum atomic E-state index is 10.9. The average Bonchev–Trinajstić information content (AvgIpc) is 2.11. The van der Waals surface area contributed by atoms with Gasteiger partial charge in [0.2, 0.25) is 0 Å². The number of rotatable bonds is 6. The normalized spacial score (nSPS) is 12.6. The second kappa shape index (κ2) is 7.02. The van der Waals surface area contributed by atoms with Crippen LogP contribution in [0, 0.1) is 0 Å². The molecule has 12 heavy (non-hydrogen) atoms. The molecule has 0 rings (SSSR count). The van der Waals surface area contributed by atoms with E-state index in [9.17, 15) is 4.79 Å². The Morgan fingerprint density at radius 1 is 1.67 bits per heavy atom. The molecule has 2 N–H and O–H groups in total. The fourth-order valence-corrected chi connectivity index (χ4v) is 0.722. The van der Waals surface area contributed by atoms with Gasteiger partial charge in [0.1, 0.15) is 0 Å². The Kier molecular flexibility index (Phi) is 6.64. The van der Waals surface area contributed by atoms with Crippen LogP contribution in [-0.2, 0) is 14.3 Å². The van der Waals surface area contributed by atoms with Gasteiger partial charge in [-0.2, -0.15) is 0 Å². The van der Waals surface area contributed by atoms with E-state index in [-0.39, 0.29) is 13.2 Å². The summed E-state index contributed by atoms with van der Waals surface area (Å²) < 4.78 is 9.47. The van der Waals surface area contributed by atoms with E-state index < -0.39 is 12.1 Å². The lowest BCUT2D eigenvalue weighted by Gasteiger charge is -2.13. The molecule has 0 bridgehead atoms. The third kappa shape index (κ3) is 4.27. The molecule has 0 aromatic heterocycles. The van der Waals surface area contributed by atoms with Crippen molar-refractivity contribution in [3.63, 3.8) is 0 Å². The number of ether oxygens (including phenoxy) is 2. The molecule has 0 amide bonds. The molecule has 0 aliphatic carbocycles. The highest BCUT2D eigenvalue weighted by molar-refractivity contribution is 5.74. The highest BCUT2D eigenvalue weighted by atomic mass is 16.6. The molecule has 0 spiro atoms. The summed E-state index contributed by atoms with van der Waals surface area (Å²) in [6, 6.07) is 0. The second-order valence-corrected chi connectivity index (χ2v) is 2.16. The standard InChI is InChI=1S/C7H15NO4/c1-8-5-6(7(10)11-2)12-4-3-9/h6,8-9H,3-5H2,1-2H3/t6-/m1/s1. The maximum absolute atomic E-state index is 10.9. The van der Waals surface area contributed by atoms with Crippen LogP contribution in [0.1, 0.15) is 0 Å². The zero-order chi connectivity index (χ0) is 9.40. The number of carbonyl (C=O) groups excluding carboxylic acids is 1. The van der Waals surface area contributed by atoms with Crippen LogP contribution >= 0.6 is 0 Å². The topological polar surface area (TPSA) is 67.8 Å². The lowest BCUT2D eigenvalue weighted by atomic mass is 10.3. The van der Waals surface area contributed by atoms with Gasteiger partial charge in [0.05, 0.1) is 20.3 Å². The predicted molar refractivity (Wildman–Crippen MR) is 42.8 cm³/mol. The van der Waals surface area contributed by atoms with Crippen molar-refractivity contribution in [2.75, 3.05) is 33.9 Å². The van der Waals surface area contributed by atoms with Crippen LogP contribution in [0.4, 0.5) is 0 Å². The first-order chi connectivity index (χ1) is 5.76. The summed E-state index contributed by atoms with van der Waals surface area (Å²) in [6.07, 6.45) is -0.632. The zero-order valence-corrected chi connectivity index (χ0v) is 7.37. The summed E-state index contributed by atoms with van der Waals surface area (Å²) in [5.74, 6) is -0.433. The van der Waals surface area contributed by atoms with Crippen molar-refractivity contribution in [1.82, 2.24) is 5.32 Å². The van der Waals surface area contributed by atoms with Crippen molar-refractivity contribution in [2.24, 2.45) is 0 Å². The van der Waals surface area contributed by atoms with Gasteiger partial charge in [0.25, 0.3) is 0 Å². The molecule has 0 aromatic carbocycles. The first kappa shape index (κ1) is 11.4. The molecule has 5 heteroatoms. The molecule has 0 heterocycles. The smallest absolute Gasteiger partial charge is 0.336 e. The van der Waals surface area contributed by atoms with Gasteiger partial charge in [-0.05, 0) is 7.05 Å². The monoisotopic (exact) mass is 177 g/mol. The number of aliphatic hydroxyl groups is 1.